The fourth-order valence-corrected chi connectivity index (χ4v) is 2.23. The summed E-state index contributed by atoms with van der Waals surface area (Å²) in [5.74, 6) is 0.204. The van der Waals surface area contributed by atoms with Crippen molar-refractivity contribution in [2.75, 3.05) is 0 Å². The van der Waals surface area contributed by atoms with Gasteiger partial charge in [-0.3, -0.25) is 19.3 Å². The normalized spacial score (nSPS) is 11.2. The van der Waals surface area contributed by atoms with Crippen molar-refractivity contribution in [3.8, 4) is 5.88 Å². The quantitative estimate of drug-likeness (QED) is 0.694. The van der Waals surface area contributed by atoms with Crippen molar-refractivity contribution in [1.82, 2.24) is 9.55 Å². The first kappa shape index (κ1) is 15.5. The monoisotopic (exact) mass is 325 g/mol. The van der Waals surface area contributed by atoms with Gasteiger partial charge < -0.3 is 9.52 Å². The highest BCUT2D eigenvalue weighted by atomic mass is 16.3. The van der Waals surface area contributed by atoms with Gasteiger partial charge in [0.2, 0.25) is 5.88 Å². The van der Waals surface area contributed by atoms with E-state index in [2.05, 4.69) is 9.98 Å². The number of rotatable bonds is 5. The second kappa shape index (κ2) is 6.82. The van der Waals surface area contributed by atoms with E-state index in [0.29, 0.717) is 5.76 Å². The highest BCUT2D eigenvalue weighted by molar-refractivity contribution is 5.81. The zero-order valence-electron chi connectivity index (χ0n) is 12.7. The number of hydrogen-bond acceptors (Lipinski definition) is 5. The number of aromatic nitrogens is 2. The van der Waals surface area contributed by atoms with Crippen LogP contribution in [0.3, 0.4) is 0 Å². The fourth-order valence-electron chi connectivity index (χ4n) is 2.23. The fraction of sp³-hybridized carbons (Fsp3) is 0.118. The molecule has 2 aromatic heterocycles. The first-order valence-corrected chi connectivity index (χ1v) is 7.27. The molecule has 0 atom stereocenters. The van der Waals surface area contributed by atoms with Gasteiger partial charge in [-0.15, -0.1) is 0 Å². The molecule has 2 heterocycles. The molecule has 0 radical (unpaired) electrons. The minimum atomic E-state index is -0.690. The molecule has 1 aromatic carbocycles. The second-order valence-electron chi connectivity index (χ2n) is 5.12. The zero-order chi connectivity index (χ0) is 16.9. The number of aromatic amines is 1. The molecule has 0 saturated carbocycles. The van der Waals surface area contributed by atoms with Crippen LogP contribution in [-0.2, 0) is 13.1 Å². The number of aromatic hydroxyl groups is 1. The molecule has 122 valence electrons. The summed E-state index contributed by atoms with van der Waals surface area (Å²) in [6.07, 6.45) is 2.76. The third kappa shape index (κ3) is 3.35. The van der Waals surface area contributed by atoms with Crippen molar-refractivity contribution in [2.45, 2.75) is 13.1 Å². The highest BCUT2D eigenvalue weighted by Crippen LogP contribution is 2.11. The molecule has 24 heavy (non-hydrogen) atoms. The molecular formula is C17H15N3O4. The number of benzene rings is 1. The van der Waals surface area contributed by atoms with E-state index in [9.17, 15) is 14.7 Å². The Morgan fingerprint density at radius 1 is 1.17 bits per heavy atom. The summed E-state index contributed by atoms with van der Waals surface area (Å²) in [6.45, 7) is 0.366. The second-order valence-corrected chi connectivity index (χ2v) is 5.12. The Morgan fingerprint density at radius 3 is 2.67 bits per heavy atom. The maximum absolute atomic E-state index is 12.0. The molecule has 0 aliphatic heterocycles. The molecule has 3 rings (SSSR count). The maximum Gasteiger partial charge on any atom is 0.331 e. The zero-order valence-corrected chi connectivity index (χ0v) is 12.7. The Hall–Kier alpha value is -3.35. The maximum atomic E-state index is 12.0. The van der Waals surface area contributed by atoms with Crippen LogP contribution in [0.25, 0.3) is 0 Å². The predicted molar refractivity (Wildman–Crippen MR) is 88.5 cm³/mol. The number of aliphatic imine (C=N–C) groups is 1. The molecule has 0 aliphatic carbocycles. The molecule has 7 nitrogen and oxygen atoms in total. The molecule has 0 saturated heterocycles. The molecule has 0 aliphatic rings. The molecule has 0 spiro atoms. The Kier molecular flexibility index (Phi) is 4.42. The minimum absolute atomic E-state index is 0.0721. The van der Waals surface area contributed by atoms with Gasteiger partial charge in [0.25, 0.3) is 5.56 Å². The van der Waals surface area contributed by atoms with Crippen LogP contribution in [-0.4, -0.2) is 20.9 Å². The van der Waals surface area contributed by atoms with Crippen LogP contribution in [0.4, 0.5) is 0 Å². The topological polar surface area (TPSA) is 101 Å². The van der Waals surface area contributed by atoms with Crippen LogP contribution >= 0.6 is 0 Å². The minimum Gasteiger partial charge on any atom is -0.494 e. The van der Waals surface area contributed by atoms with Crippen LogP contribution in [0.5, 0.6) is 5.88 Å². The lowest BCUT2D eigenvalue weighted by Gasteiger charge is -2.09. The standard InChI is InChI=1S/C17H15N3O4/c21-15-14(10-18-9-13-7-4-8-24-13)16(22)20(17(23)19-15)11-12-5-2-1-3-6-12/h1-8,10,22H,9,11H2,(H,19,21,23). The van der Waals surface area contributed by atoms with E-state index >= 15 is 0 Å². The molecule has 2 N–H and O–H groups in total. The highest BCUT2D eigenvalue weighted by Gasteiger charge is 2.12. The Morgan fingerprint density at radius 2 is 1.96 bits per heavy atom. The summed E-state index contributed by atoms with van der Waals surface area (Å²) in [7, 11) is 0. The SMILES string of the molecule is O=c1[nH]c(=O)n(Cc2ccccc2)c(O)c1C=NCc1ccco1. The van der Waals surface area contributed by atoms with Crippen LogP contribution in [0.1, 0.15) is 16.9 Å². The number of H-pyrrole nitrogens is 1. The van der Waals surface area contributed by atoms with E-state index in [0.717, 1.165) is 10.1 Å². The van der Waals surface area contributed by atoms with Crippen molar-refractivity contribution in [3.63, 3.8) is 0 Å². The lowest BCUT2D eigenvalue weighted by Crippen LogP contribution is -2.32. The van der Waals surface area contributed by atoms with Gasteiger partial charge >= 0.3 is 5.69 Å². The van der Waals surface area contributed by atoms with E-state index in [1.807, 2.05) is 30.3 Å². The van der Waals surface area contributed by atoms with Gasteiger partial charge in [-0.25, -0.2) is 4.79 Å². The van der Waals surface area contributed by atoms with Crippen molar-refractivity contribution in [2.24, 2.45) is 4.99 Å². The largest absolute Gasteiger partial charge is 0.494 e. The molecule has 0 fully saturated rings. The van der Waals surface area contributed by atoms with E-state index in [4.69, 9.17) is 4.42 Å². The first-order chi connectivity index (χ1) is 11.6. The number of hydrogen-bond donors (Lipinski definition) is 2. The van der Waals surface area contributed by atoms with Crippen LogP contribution in [0, 0.1) is 0 Å². The summed E-state index contributed by atoms with van der Waals surface area (Å²) >= 11 is 0. The average molecular weight is 325 g/mol. The molecule has 3 aromatic rings. The number of furan rings is 1. The van der Waals surface area contributed by atoms with Gasteiger partial charge in [-0.05, 0) is 17.7 Å². The van der Waals surface area contributed by atoms with Crippen LogP contribution in [0.2, 0.25) is 0 Å². The summed E-state index contributed by atoms with van der Waals surface area (Å²) in [5, 5.41) is 10.3. The molecule has 7 heteroatoms. The van der Waals surface area contributed by atoms with Crippen molar-refractivity contribution >= 4 is 6.21 Å². The van der Waals surface area contributed by atoms with Crippen molar-refractivity contribution in [3.05, 3.63) is 86.5 Å². The summed E-state index contributed by atoms with van der Waals surface area (Å²) in [5.41, 5.74) is -0.618. The summed E-state index contributed by atoms with van der Waals surface area (Å²) in [6, 6.07) is 12.6. The van der Waals surface area contributed by atoms with E-state index in [1.165, 1.54) is 12.5 Å². The van der Waals surface area contributed by atoms with E-state index in [-0.39, 0.29) is 18.7 Å². The molecule has 0 bridgehead atoms. The third-order valence-corrected chi connectivity index (χ3v) is 3.44. The smallest absolute Gasteiger partial charge is 0.331 e. The van der Waals surface area contributed by atoms with E-state index < -0.39 is 17.1 Å². The average Bonchev–Trinajstić information content (AvgIpc) is 3.09. The van der Waals surface area contributed by atoms with Gasteiger partial charge in [-0.2, -0.15) is 0 Å². The lowest BCUT2D eigenvalue weighted by atomic mass is 10.2. The summed E-state index contributed by atoms with van der Waals surface area (Å²) in [4.78, 5) is 30.1. The lowest BCUT2D eigenvalue weighted by molar-refractivity contribution is 0.408. The van der Waals surface area contributed by atoms with Crippen molar-refractivity contribution in [1.29, 1.82) is 0 Å². The Balaban J connectivity index is 1.92. The van der Waals surface area contributed by atoms with Gasteiger partial charge in [-0.1, -0.05) is 30.3 Å². The summed E-state index contributed by atoms with van der Waals surface area (Å²) < 4.78 is 6.22. The van der Waals surface area contributed by atoms with Crippen LogP contribution in [0.15, 0.2) is 67.7 Å². The van der Waals surface area contributed by atoms with Crippen molar-refractivity contribution < 1.29 is 9.52 Å². The predicted octanol–water partition coefficient (Wildman–Crippen LogP) is 1.50. The first-order valence-electron chi connectivity index (χ1n) is 7.27. The van der Waals surface area contributed by atoms with Gasteiger partial charge in [0.15, 0.2) is 0 Å². The van der Waals surface area contributed by atoms with Crippen LogP contribution < -0.4 is 11.2 Å². The third-order valence-electron chi connectivity index (χ3n) is 3.44. The molecule has 0 unspecified atom stereocenters. The number of nitrogens with one attached hydrogen (secondary N) is 1. The Bertz CT molecular complexity index is 954. The van der Waals surface area contributed by atoms with Gasteiger partial charge in [0, 0.05) is 6.21 Å². The van der Waals surface area contributed by atoms with E-state index in [1.54, 1.807) is 12.1 Å². The molecular weight excluding hydrogens is 310 g/mol. The molecule has 0 amide bonds. The van der Waals surface area contributed by atoms with Gasteiger partial charge in [0.05, 0.1) is 19.4 Å². The number of nitrogens with zero attached hydrogens (tertiary/aromatic N) is 2. The van der Waals surface area contributed by atoms with Gasteiger partial charge in [0.1, 0.15) is 11.3 Å². The Labute approximate surface area is 136 Å².